The number of aliphatic hydroxyl groups excluding tert-OH is 1. The topological polar surface area (TPSA) is 20.2 Å². The first-order chi connectivity index (χ1) is 5.82. The predicted molar refractivity (Wildman–Crippen MR) is 39.2 cm³/mol. The van der Waals surface area contributed by atoms with Crippen LogP contribution < -0.4 is 0 Å². The second kappa shape index (κ2) is 3.12. The molecule has 1 nitrogen and oxygen atoms in total. The van der Waals surface area contributed by atoms with Gasteiger partial charge in [-0.25, -0.2) is 13.2 Å². The number of hydrogen-bond donors (Lipinski definition) is 1. The molecule has 78 valence electrons. The van der Waals surface area contributed by atoms with Gasteiger partial charge in [0.25, 0.3) is 5.92 Å². The largest absolute Gasteiger partial charge is 0.387 e. The van der Waals surface area contributed by atoms with E-state index in [4.69, 9.17) is 5.11 Å². The average Bonchev–Trinajstić information content (AvgIpc) is 1.98. The summed E-state index contributed by atoms with van der Waals surface area (Å²) in [6.07, 6.45) is -2.47. The summed E-state index contributed by atoms with van der Waals surface area (Å²) in [6.45, 7) is -0.492. The van der Waals surface area contributed by atoms with Gasteiger partial charge in [0.05, 0.1) is 5.92 Å². The Morgan fingerprint density at radius 2 is 1.92 bits per heavy atom. The fraction of sp³-hybridized carbons (Fsp3) is 1.00. The van der Waals surface area contributed by atoms with Crippen LogP contribution in [0.4, 0.5) is 17.6 Å². The molecule has 1 aliphatic carbocycles. The standard InChI is InChI=1S/C8H12F4O/c1-7(10)3-2-6(13)8(11,12)5(7)4-9/h5-6,13H,2-4H2,1H3. The van der Waals surface area contributed by atoms with E-state index in [0.29, 0.717) is 0 Å². The van der Waals surface area contributed by atoms with E-state index in [-0.39, 0.29) is 12.8 Å². The normalized spacial score (nSPS) is 44.8. The molecule has 1 fully saturated rings. The summed E-state index contributed by atoms with van der Waals surface area (Å²) in [7, 11) is 0. The summed E-state index contributed by atoms with van der Waals surface area (Å²) in [5.41, 5.74) is -2.22. The molecule has 1 saturated carbocycles. The monoisotopic (exact) mass is 200 g/mol. The van der Waals surface area contributed by atoms with E-state index in [1.165, 1.54) is 0 Å². The van der Waals surface area contributed by atoms with E-state index in [2.05, 4.69) is 0 Å². The molecule has 1 aliphatic rings. The third kappa shape index (κ3) is 1.66. The minimum atomic E-state index is -3.66. The summed E-state index contributed by atoms with van der Waals surface area (Å²) in [5.74, 6) is -5.68. The highest BCUT2D eigenvalue weighted by Gasteiger charge is 2.58. The minimum absolute atomic E-state index is 0.224. The van der Waals surface area contributed by atoms with Gasteiger partial charge in [-0.05, 0) is 19.8 Å². The van der Waals surface area contributed by atoms with Crippen molar-refractivity contribution in [3.8, 4) is 0 Å². The van der Waals surface area contributed by atoms with Crippen LogP contribution in [0.5, 0.6) is 0 Å². The molecule has 0 bridgehead atoms. The summed E-state index contributed by atoms with van der Waals surface area (Å²) < 4.78 is 51.6. The van der Waals surface area contributed by atoms with Gasteiger partial charge in [-0.1, -0.05) is 0 Å². The molecule has 0 saturated heterocycles. The second-order valence-corrected chi connectivity index (χ2v) is 3.71. The molecule has 13 heavy (non-hydrogen) atoms. The van der Waals surface area contributed by atoms with Crippen molar-refractivity contribution in [3.63, 3.8) is 0 Å². The predicted octanol–water partition coefficient (Wildman–Crippen LogP) is 2.09. The fourth-order valence-corrected chi connectivity index (χ4v) is 1.68. The number of alkyl halides is 4. The first-order valence-electron chi connectivity index (χ1n) is 4.13. The molecule has 0 radical (unpaired) electrons. The van der Waals surface area contributed by atoms with Crippen LogP contribution in [0.1, 0.15) is 19.8 Å². The quantitative estimate of drug-likeness (QED) is 0.642. The molecule has 3 atom stereocenters. The van der Waals surface area contributed by atoms with E-state index < -0.39 is 30.3 Å². The molecule has 1 N–H and O–H groups in total. The third-order valence-electron chi connectivity index (χ3n) is 2.70. The van der Waals surface area contributed by atoms with Gasteiger partial charge in [0.2, 0.25) is 0 Å². The first-order valence-corrected chi connectivity index (χ1v) is 4.13. The summed E-state index contributed by atoms with van der Waals surface area (Å²) in [6, 6.07) is 0. The van der Waals surface area contributed by atoms with Crippen LogP contribution in [0.2, 0.25) is 0 Å². The van der Waals surface area contributed by atoms with E-state index >= 15 is 0 Å². The Bertz CT molecular complexity index is 193. The highest BCUT2D eigenvalue weighted by Crippen LogP contribution is 2.46. The molecule has 0 aromatic carbocycles. The Hall–Kier alpha value is -0.320. The Labute approximate surface area is 73.7 Å². The second-order valence-electron chi connectivity index (χ2n) is 3.71. The van der Waals surface area contributed by atoms with Crippen LogP contribution in [-0.2, 0) is 0 Å². The lowest BCUT2D eigenvalue weighted by molar-refractivity contribution is -0.213. The zero-order valence-corrected chi connectivity index (χ0v) is 7.24. The molecule has 0 amide bonds. The van der Waals surface area contributed by atoms with Crippen LogP contribution >= 0.6 is 0 Å². The van der Waals surface area contributed by atoms with Crippen molar-refractivity contribution < 1.29 is 22.7 Å². The smallest absolute Gasteiger partial charge is 0.281 e. The van der Waals surface area contributed by atoms with Gasteiger partial charge in [0.1, 0.15) is 18.4 Å². The van der Waals surface area contributed by atoms with Gasteiger partial charge in [-0.2, -0.15) is 0 Å². The van der Waals surface area contributed by atoms with Gasteiger partial charge in [-0.3, -0.25) is 4.39 Å². The maximum Gasteiger partial charge on any atom is 0.281 e. The minimum Gasteiger partial charge on any atom is -0.387 e. The molecule has 1 rings (SSSR count). The Kier molecular flexibility index (Phi) is 2.58. The van der Waals surface area contributed by atoms with Crippen LogP contribution in [0.15, 0.2) is 0 Å². The van der Waals surface area contributed by atoms with Crippen molar-refractivity contribution in [2.24, 2.45) is 5.92 Å². The third-order valence-corrected chi connectivity index (χ3v) is 2.70. The first kappa shape index (κ1) is 10.8. The molecule has 0 aromatic rings. The lowest BCUT2D eigenvalue weighted by Crippen LogP contribution is -2.55. The fourth-order valence-electron chi connectivity index (χ4n) is 1.68. The number of aliphatic hydroxyl groups is 1. The molecule has 3 unspecified atom stereocenters. The van der Waals surface area contributed by atoms with Crippen molar-refractivity contribution in [1.29, 1.82) is 0 Å². The maximum absolute atomic E-state index is 13.4. The van der Waals surface area contributed by atoms with Crippen LogP contribution in [-0.4, -0.2) is 29.5 Å². The molecule has 5 heteroatoms. The highest BCUT2D eigenvalue weighted by molar-refractivity contribution is 5.00. The summed E-state index contributed by atoms with van der Waals surface area (Å²) in [5, 5.41) is 8.89. The molecular weight excluding hydrogens is 188 g/mol. The summed E-state index contributed by atoms with van der Waals surface area (Å²) in [4.78, 5) is 0. The van der Waals surface area contributed by atoms with Gasteiger partial charge < -0.3 is 5.11 Å². The molecule has 0 spiro atoms. The van der Waals surface area contributed by atoms with Crippen molar-refractivity contribution >= 4 is 0 Å². The highest BCUT2D eigenvalue weighted by atomic mass is 19.3. The molecule has 0 aromatic heterocycles. The molecular formula is C8H12F4O. The van der Waals surface area contributed by atoms with Gasteiger partial charge in [0.15, 0.2) is 0 Å². The maximum atomic E-state index is 13.4. The van der Waals surface area contributed by atoms with Crippen LogP contribution in [0, 0.1) is 5.92 Å². The van der Waals surface area contributed by atoms with E-state index in [1.807, 2.05) is 0 Å². The van der Waals surface area contributed by atoms with Gasteiger partial charge in [-0.15, -0.1) is 0 Å². The van der Waals surface area contributed by atoms with Crippen molar-refractivity contribution in [3.05, 3.63) is 0 Å². The molecule has 0 aliphatic heterocycles. The van der Waals surface area contributed by atoms with Gasteiger partial charge in [0, 0.05) is 0 Å². The zero-order valence-electron chi connectivity index (χ0n) is 7.24. The van der Waals surface area contributed by atoms with Gasteiger partial charge >= 0.3 is 0 Å². The van der Waals surface area contributed by atoms with Crippen LogP contribution in [0.3, 0.4) is 0 Å². The Balaban J connectivity index is 2.91. The van der Waals surface area contributed by atoms with Crippen LogP contribution in [0.25, 0.3) is 0 Å². The lowest BCUT2D eigenvalue weighted by Gasteiger charge is -2.41. The Morgan fingerprint density at radius 3 is 2.31 bits per heavy atom. The van der Waals surface area contributed by atoms with E-state index in [0.717, 1.165) is 6.92 Å². The SMILES string of the molecule is CC1(F)CCC(O)C(F)(F)C1CF. The van der Waals surface area contributed by atoms with E-state index in [9.17, 15) is 17.6 Å². The molecule has 0 heterocycles. The average molecular weight is 200 g/mol. The Morgan fingerprint density at radius 1 is 1.38 bits per heavy atom. The number of halogens is 4. The zero-order chi connectivity index (χ0) is 10.3. The van der Waals surface area contributed by atoms with Crippen molar-refractivity contribution in [1.82, 2.24) is 0 Å². The number of rotatable bonds is 1. The van der Waals surface area contributed by atoms with E-state index in [1.54, 1.807) is 0 Å². The number of hydrogen-bond acceptors (Lipinski definition) is 1. The summed E-state index contributed by atoms with van der Waals surface area (Å²) >= 11 is 0. The van der Waals surface area contributed by atoms with Crippen molar-refractivity contribution in [2.45, 2.75) is 37.5 Å². The lowest BCUT2D eigenvalue weighted by atomic mass is 9.74. The van der Waals surface area contributed by atoms with Crippen molar-refractivity contribution in [2.75, 3.05) is 6.67 Å².